The summed E-state index contributed by atoms with van der Waals surface area (Å²) >= 11 is 12.2. The molecular weight excluding hydrogens is 389 g/mol. The van der Waals surface area contributed by atoms with Crippen LogP contribution in [0.3, 0.4) is 0 Å². The maximum Gasteiger partial charge on any atom is 0.306 e. The molecule has 0 aromatic heterocycles. The van der Waals surface area contributed by atoms with Crippen LogP contribution >= 0.6 is 23.2 Å². The highest BCUT2D eigenvalue weighted by Crippen LogP contribution is 2.43. The van der Waals surface area contributed by atoms with Crippen LogP contribution in [0.4, 0.5) is 0 Å². The number of hydrogen-bond acceptors (Lipinski definition) is 3. The predicted octanol–water partition coefficient (Wildman–Crippen LogP) is 4.50. The maximum absolute atomic E-state index is 12.9. The van der Waals surface area contributed by atoms with E-state index in [0.29, 0.717) is 16.6 Å². The number of hydrogen-bond donors (Lipinski definition) is 1. The third kappa shape index (κ3) is 4.26. The smallest absolute Gasteiger partial charge is 0.306 e. The largest absolute Gasteiger partial charge is 0.481 e. The van der Waals surface area contributed by atoms with E-state index in [9.17, 15) is 14.7 Å². The molecular formula is C20H19Cl2NO4. The number of halogens is 2. The Morgan fingerprint density at radius 3 is 2.41 bits per heavy atom. The van der Waals surface area contributed by atoms with Gasteiger partial charge in [-0.15, -0.1) is 0 Å². The lowest BCUT2D eigenvalue weighted by Crippen LogP contribution is -2.51. The maximum atomic E-state index is 12.9. The Bertz CT molecular complexity index is 840. The number of amides is 1. The standard InChI is InChI=1S/C20H19Cl2NO4/c1-2-23-18(12-6-8-14(21)9-7-12)19(13-4-3-5-15(22)10-13)27-16(20(23)26)11-17(24)25/h3-10,16,18-19H,2,11H2,1H3,(H,24,25)/t16-,18-,19-/m1/s1. The van der Waals surface area contributed by atoms with Gasteiger partial charge in [-0.2, -0.15) is 0 Å². The minimum absolute atomic E-state index is 0.335. The van der Waals surface area contributed by atoms with Gasteiger partial charge >= 0.3 is 5.97 Å². The van der Waals surface area contributed by atoms with Crippen LogP contribution in [0.5, 0.6) is 0 Å². The molecule has 0 radical (unpaired) electrons. The Morgan fingerprint density at radius 1 is 1.11 bits per heavy atom. The van der Waals surface area contributed by atoms with Gasteiger partial charge in [0.05, 0.1) is 12.5 Å². The van der Waals surface area contributed by atoms with Gasteiger partial charge in [-0.3, -0.25) is 9.59 Å². The Balaban J connectivity index is 2.08. The van der Waals surface area contributed by atoms with Crippen molar-refractivity contribution in [3.63, 3.8) is 0 Å². The van der Waals surface area contributed by atoms with Crippen LogP contribution in [0.25, 0.3) is 0 Å². The minimum atomic E-state index is -1.08. The molecule has 7 heteroatoms. The summed E-state index contributed by atoms with van der Waals surface area (Å²) in [6.07, 6.45) is -1.98. The van der Waals surface area contributed by atoms with E-state index in [1.165, 1.54) is 0 Å². The predicted molar refractivity (Wildman–Crippen MR) is 103 cm³/mol. The molecule has 0 saturated carbocycles. The first-order valence-electron chi connectivity index (χ1n) is 8.59. The molecule has 27 heavy (non-hydrogen) atoms. The van der Waals surface area contributed by atoms with E-state index in [2.05, 4.69) is 0 Å². The van der Waals surface area contributed by atoms with E-state index in [1.54, 1.807) is 35.2 Å². The molecule has 2 aromatic rings. The summed E-state index contributed by atoms with van der Waals surface area (Å²) in [6.45, 7) is 2.28. The fourth-order valence-corrected chi connectivity index (χ4v) is 3.73. The number of ether oxygens (including phenoxy) is 1. The lowest BCUT2D eigenvalue weighted by molar-refractivity contribution is -0.178. The monoisotopic (exact) mass is 407 g/mol. The van der Waals surface area contributed by atoms with Crippen molar-refractivity contribution in [2.75, 3.05) is 6.54 Å². The van der Waals surface area contributed by atoms with Gasteiger partial charge in [0.25, 0.3) is 5.91 Å². The fourth-order valence-electron chi connectivity index (χ4n) is 3.40. The Morgan fingerprint density at radius 2 is 1.81 bits per heavy atom. The normalized spacial score (nSPS) is 22.7. The van der Waals surface area contributed by atoms with Crippen LogP contribution in [0, 0.1) is 0 Å². The number of benzene rings is 2. The van der Waals surface area contributed by atoms with Crippen molar-refractivity contribution >= 4 is 35.1 Å². The van der Waals surface area contributed by atoms with Crippen molar-refractivity contribution < 1.29 is 19.4 Å². The lowest BCUT2D eigenvalue weighted by atomic mass is 9.91. The Labute approximate surface area is 167 Å². The molecule has 1 aliphatic rings. The van der Waals surface area contributed by atoms with Crippen molar-refractivity contribution in [2.24, 2.45) is 0 Å². The summed E-state index contributed by atoms with van der Waals surface area (Å²) < 4.78 is 6.02. The first-order valence-corrected chi connectivity index (χ1v) is 9.35. The molecule has 1 N–H and O–H groups in total. The summed E-state index contributed by atoms with van der Waals surface area (Å²) in [7, 11) is 0. The third-order valence-corrected chi connectivity index (χ3v) is 5.07. The van der Waals surface area contributed by atoms with Gasteiger partial charge in [0.1, 0.15) is 12.2 Å². The van der Waals surface area contributed by atoms with Crippen molar-refractivity contribution in [1.29, 1.82) is 0 Å². The topological polar surface area (TPSA) is 66.8 Å². The summed E-state index contributed by atoms with van der Waals surface area (Å²) in [5, 5.41) is 10.3. The number of carboxylic acid groups (broad SMARTS) is 1. The summed E-state index contributed by atoms with van der Waals surface area (Å²) in [5.41, 5.74) is 1.64. The molecule has 0 aliphatic carbocycles. The van der Waals surface area contributed by atoms with Gasteiger partial charge in [-0.25, -0.2) is 0 Å². The molecule has 5 nitrogen and oxygen atoms in total. The average Bonchev–Trinajstić information content (AvgIpc) is 2.63. The highest BCUT2D eigenvalue weighted by molar-refractivity contribution is 6.30. The van der Waals surface area contributed by atoms with Crippen LogP contribution < -0.4 is 0 Å². The van der Waals surface area contributed by atoms with Gasteiger partial charge < -0.3 is 14.7 Å². The molecule has 1 heterocycles. The van der Waals surface area contributed by atoms with Crippen LogP contribution in [0.2, 0.25) is 10.0 Å². The Hall–Kier alpha value is -2.08. The van der Waals surface area contributed by atoms with Crippen LogP contribution in [-0.2, 0) is 14.3 Å². The molecule has 1 aliphatic heterocycles. The van der Waals surface area contributed by atoms with Gasteiger partial charge in [-0.05, 0) is 42.3 Å². The van der Waals surface area contributed by atoms with Crippen molar-refractivity contribution in [3.05, 3.63) is 69.7 Å². The number of carbonyl (C=O) groups is 2. The van der Waals surface area contributed by atoms with Gasteiger partial charge in [-0.1, -0.05) is 47.5 Å². The number of rotatable bonds is 5. The molecule has 3 rings (SSSR count). The van der Waals surface area contributed by atoms with Crippen molar-refractivity contribution in [2.45, 2.75) is 31.6 Å². The quantitative estimate of drug-likeness (QED) is 0.791. The average molecular weight is 408 g/mol. The first kappa shape index (κ1) is 19.7. The highest BCUT2D eigenvalue weighted by atomic mass is 35.5. The number of morpholine rings is 1. The minimum Gasteiger partial charge on any atom is -0.481 e. The summed E-state index contributed by atoms with van der Waals surface area (Å²) in [5.74, 6) is -1.42. The summed E-state index contributed by atoms with van der Waals surface area (Å²) in [6, 6.07) is 14.0. The lowest BCUT2D eigenvalue weighted by Gasteiger charge is -2.44. The number of nitrogens with zero attached hydrogens (tertiary/aromatic N) is 1. The van der Waals surface area contributed by atoms with Gasteiger partial charge in [0.2, 0.25) is 0 Å². The van der Waals surface area contributed by atoms with E-state index in [4.69, 9.17) is 27.9 Å². The van der Waals surface area contributed by atoms with Crippen LogP contribution in [-0.4, -0.2) is 34.5 Å². The summed E-state index contributed by atoms with van der Waals surface area (Å²) in [4.78, 5) is 25.7. The second-order valence-electron chi connectivity index (χ2n) is 6.32. The molecule has 142 valence electrons. The number of carbonyl (C=O) groups excluding carboxylic acids is 1. The van der Waals surface area contributed by atoms with E-state index in [1.807, 2.05) is 25.1 Å². The van der Waals surface area contributed by atoms with Crippen molar-refractivity contribution in [3.8, 4) is 0 Å². The second kappa shape index (κ2) is 8.30. The SMILES string of the molecule is CCN1C(=O)[C@@H](CC(=O)O)O[C@H](c2cccc(Cl)c2)[C@H]1c1ccc(Cl)cc1. The number of likely N-dealkylation sites (N-methyl/N-ethyl adjacent to an activating group) is 1. The van der Waals surface area contributed by atoms with Crippen LogP contribution in [0.15, 0.2) is 48.5 Å². The second-order valence-corrected chi connectivity index (χ2v) is 7.19. The zero-order valence-corrected chi connectivity index (χ0v) is 16.2. The fraction of sp³-hybridized carbons (Fsp3) is 0.300. The molecule has 1 fully saturated rings. The molecule has 1 amide bonds. The Kier molecular flexibility index (Phi) is 6.05. The first-order chi connectivity index (χ1) is 12.9. The number of carboxylic acids is 1. The zero-order chi connectivity index (χ0) is 19.6. The molecule has 3 atom stereocenters. The van der Waals surface area contributed by atoms with E-state index in [-0.39, 0.29) is 12.3 Å². The van der Waals surface area contributed by atoms with E-state index in [0.717, 1.165) is 11.1 Å². The van der Waals surface area contributed by atoms with Gasteiger partial charge in [0, 0.05) is 16.6 Å². The molecule has 0 unspecified atom stereocenters. The highest BCUT2D eigenvalue weighted by Gasteiger charge is 2.44. The van der Waals surface area contributed by atoms with E-state index < -0.39 is 24.2 Å². The van der Waals surface area contributed by atoms with Crippen molar-refractivity contribution in [1.82, 2.24) is 4.90 Å². The van der Waals surface area contributed by atoms with E-state index >= 15 is 0 Å². The molecule has 2 aromatic carbocycles. The zero-order valence-electron chi connectivity index (χ0n) is 14.6. The number of aliphatic carboxylic acids is 1. The molecule has 0 spiro atoms. The van der Waals surface area contributed by atoms with Gasteiger partial charge in [0.15, 0.2) is 0 Å². The molecule has 0 bridgehead atoms. The molecule has 1 saturated heterocycles. The van der Waals surface area contributed by atoms with Crippen LogP contribution in [0.1, 0.15) is 36.6 Å². The third-order valence-electron chi connectivity index (χ3n) is 4.58.